The van der Waals surface area contributed by atoms with Gasteiger partial charge in [0, 0.05) is 35.4 Å². The molecule has 4 aromatic rings. The van der Waals surface area contributed by atoms with Gasteiger partial charge in [0.1, 0.15) is 27.6 Å². The number of hydrogen-bond acceptors (Lipinski definition) is 8. The Morgan fingerprint density at radius 1 is 1.06 bits per heavy atom. The number of carbonyl (C=O) groups excluding carboxylic acids is 2. The van der Waals surface area contributed by atoms with E-state index in [1.165, 1.54) is 36.4 Å². The molecular weight excluding hydrogens is 702 g/mol. The zero-order valence-corrected chi connectivity index (χ0v) is 29.8. The molecule has 2 aromatic heterocycles. The minimum absolute atomic E-state index is 0.0481. The van der Waals surface area contributed by atoms with Crippen molar-refractivity contribution in [2.45, 2.75) is 69.8 Å². The fourth-order valence-corrected chi connectivity index (χ4v) is 6.42. The molecule has 1 aliphatic rings. The number of ether oxygens (including phenoxy) is 1. The van der Waals surface area contributed by atoms with Gasteiger partial charge in [0.15, 0.2) is 5.69 Å². The van der Waals surface area contributed by atoms with E-state index >= 15 is 4.39 Å². The number of alkyl halides is 3. The van der Waals surface area contributed by atoms with Crippen LogP contribution in [0, 0.1) is 17.1 Å². The van der Waals surface area contributed by atoms with Crippen LogP contribution in [0.5, 0.6) is 0 Å². The molecule has 276 valence electrons. The monoisotopic (exact) mass is 741 g/mol. The minimum atomic E-state index is -4.94. The smallest absolute Gasteiger partial charge is 0.435 e. The summed E-state index contributed by atoms with van der Waals surface area (Å²) < 4.78 is 79.2. The van der Waals surface area contributed by atoms with Crippen LogP contribution >= 0.6 is 0 Å². The fourth-order valence-electron chi connectivity index (χ4n) is 5.46. The number of halogens is 4. The van der Waals surface area contributed by atoms with Crippen molar-refractivity contribution < 1.29 is 36.4 Å². The molecule has 2 heterocycles. The van der Waals surface area contributed by atoms with Crippen LogP contribution in [0.1, 0.15) is 86.3 Å². The third-order valence-corrected chi connectivity index (χ3v) is 10.1. The predicted molar refractivity (Wildman–Crippen MR) is 188 cm³/mol. The number of carbonyl (C=O) groups is 2. The highest BCUT2D eigenvalue weighted by atomic mass is 32.2. The van der Waals surface area contributed by atoms with Crippen molar-refractivity contribution in [2.75, 3.05) is 11.9 Å². The van der Waals surface area contributed by atoms with E-state index < -0.39 is 62.9 Å². The van der Waals surface area contributed by atoms with Gasteiger partial charge >= 0.3 is 12.3 Å². The second kappa shape index (κ2) is 15.4. The number of amides is 2. The molecule has 0 aliphatic heterocycles. The summed E-state index contributed by atoms with van der Waals surface area (Å²) in [6.45, 7) is 7.07. The first kappa shape index (κ1) is 38.4. The van der Waals surface area contributed by atoms with Crippen LogP contribution in [0.25, 0.3) is 5.69 Å². The summed E-state index contributed by atoms with van der Waals surface area (Å²) in [7, 11) is 0. The Kier molecular flexibility index (Phi) is 11.4. The van der Waals surface area contributed by atoms with Crippen LogP contribution in [0.15, 0.2) is 73.1 Å². The average molecular weight is 742 g/mol. The molecule has 1 saturated carbocycles. The molecule has 0 saturated heterocycles. The molecule has 0 radical (unpaired) electrons. The Morgan fingerprint density at radius 2 is 1.81 bits per heavy atom. The number of benzene rings is 2. The second-order valence-corrected chi connectivity index (χ2v) is 15.3. The molecule has 1 aliphatic carbocycles. The lowest BCUT2D eigenvalue weighted by atomic mass is 9.80. The number of aromatic nitrogens is 3. The minimum Gasteiger partial charge on any atom is -0.598 e. The lowest BCUT2D eigenvalue weighted by Gasteiger charge is -2.38. The van der Waals surface area contributed by atoms with Crippen molar-refractivity contribution in [2.24, 2.45) is 5.92 Å². The van der Waals surface area contributed by atoms with Crippen LogP contribution in [0.2, 0.25) is 0 Å². The fraction of sp³-hybridized carbons (Fsp3) is 0.361. The first-order valence-corrected chi connectivity index (χ1v) is 17.7. The predicted octanol–water partition coefficient (Wildman–Crippen LogP) is 7.23. The molecule has 4 N–H and O–H groups in total. The van der Waals surface area contributed by atoms with Gasteiger partial charge in [-0.25, -0.2) is 13.9 Å². The van der Waals surface area contributed by atoms with Crippen LogP contribution in [-0.2, 0) is 27.8 Å². The molecule has 11 nitrogen and oxygen atoms in total. The maximum Gasteiger partial charge on any atom is 0.435 e. The highest BCUT2D eigenvalue weighted by Gasteiger charge is 2.44. The second-order valence-electron chi connectivity index (χ2n) is 13.4. The van der Waals surface area contributed by atoms with E-state index in [4.69, 9.17) is 10.1 Å². The first-order chi connectivity index (χ1) is 24.5. The van der Waals surface area contributed by atoms with Crippen molar-refractivity contribution in [1.29, 1.82) is 5.41 Å². The van der Waals surface area contributed by atoms with Crippen molar-refractivity contribution in [3.05, 3.63) is 107 Å². The van der Waals surface area contributed by atoms with E-state index in [0.29, 0.717) is 29.5 Å². The van der Waals surface area contributed by atoms with E-state index in [-0.39, 0.29) is 23.5 Å². The zero-order chi connectivity index (χ0) is 37.8. The van der Waals surface area contributed by atoms with E-state index in [1.54, 1.807) is 25.4 Å². The Bertz CT molecular complexity index is 1930. The van der Waals surface area contributed by atoms with Crippen LogP contribution in [0.3, 0.4) is 0 Å². The SMILES string of the molecule is CCOC(=O)NC(=N)c1cccc(-n2nc(C(F)(F)F)cc2C(=O)Nc2cc(C(CCC3CC3)(N[S@+]([O-])C(C)(C)C)c3cccnc3)ccc2F)c1. The summed E-state index contributed by atoms with van der Waals surface area (Å²) in [6.07, 6.45) is 0.705. The molecule has 2 aromatic carbocycles. The van der Waals surface area contributed by atoms with E-state index in [2.05, 4.69) is 25.4 Å². The Labute approximate surface area is 301 Å². The lowest BCUT2D eigenvalue weighted by molar-refractivity contribution is -0.141. The molecule has 52 heavy (non-hydrogen) atoms. The third kappa shape index (κ3) is 8.97. The number of alkyl carbamates (subject to hydrolysis) is 1. The van der Waals surface area contributed by atoms with Crippen molar-refractivity contribution in [3.63, 3.8) is 0 Å². The lowest BCUT2D eigenvalue weighted by Crippen LogP contribution is -2.52. The molecular formula is C36H39F4N7O4S. The van der Waals surface area contributed by atoms with Crippen LogP contribution < -0.4 is 15.4 Å². The number of pyridine rings is 1. The van der Waals surface area contributed by atoms with Gasteiger partial charge in [-0.1, -0.05) is 37.1 Å². The quantitative estimate of drug-likeness (QED) is 0.0516. The largest absolute Gasteiger partial charge is 0.598 e. The molecule has 0 spiro atoms. The van der Waals surface area contributed by atoms with Gasteiger partial charge in [-0.3, -0.25) is 20.5 Å². The van der Waals surface area contributed by atoms with Gasteiger partial charge in [-0.15, -0.1) is 4.72 Å². The molecule has 5 rings (SSSR count). The molecule has 1 unspecified atom stereocenters. The number of hydrogen-bond donors (Lipinski definition) is 4. The van der Waals surface area contributed by atoms with Crippen LogP contribution in [-0.4, -0.2) is 48.5 Å². The number of rotatable bonds is 12. The Morgan fingerprint density at radius 3 is 2.44 bits per heavy atom. The average Bonchev–Trinajstić information content (AvgIpc) is 3.81. The highest BCUT2D eigenvalue weighted by Crippen LogP contribution is 2.43. The zero-order valence-electron chi connectivity index (χ0n) is 28.9. The van der Waals surface area contributed by atoms with Crippen molar-refractivity contribution in [1.82, 2.24) is 24.8 Å². The van der Waals surface area contributed by atoms with E-state index in [9.17, 15) is 27.3 Å². The third-order valence-electron chi connectivity index (χ3n) is 8.42. The molecule has 2 amide bonds. The summed E-state index contributed by atoms with van der Waals surface area (Å²) >= 11 is -1.62. The topological polar surface area (TPSA) is 157 Å². The molecule has 16 heteroatoms. The van der Waals surface area contributed by atoms with E-state index in [0.717, 1.165) is 30.0 Å². The number of amidine groups is 1. The number of nitrogens with one attached hydrogen (secondary N) is 4. The van der Waals surface area contributed by atoms with Gasteiger partial charge in [0.25, 0.3) is 5.91 Å². The Hall–Kier alpha value is -4.80. The van der Waals surface area contributed by atoms with Gasteiger partial charge in [-0.2, -0.15) is 18.3 Å². The summed E-state index contributed by atoms with van der Waals surface area (Å²) in [5.41, 5.74) is -2.30. The summed E-state index contributed by atoms with van der Waals surface area (Å²) in [6, 6.07) is 13.6. The maximum atomic E-state index is 15.6. The molecule has 2 atom stereocenters. The maximum absolute atomic E-state index is 15.6. The van der Waals surface area contributed by atoms with Crippen molar-refractivity contribution >= 4 is 34.9 Å². The number of anilines is 1. The normalized spacial score (nSPS) is 15.0. The van der Waals surface area contributed by atoms with E-state index in [1.807, 2.05) is 26.8 Å². The van der Waals surface area contributed by atoms with Gasteiger partial charge in [0.05, 0.1) is 18.0 Å². The Balaban J connectivity index is 1.55. The summed E-state index contributed by atoms with van der Waals surface area (Å²) in [5, 5.41) is 16.5. The van der Waals surface area contributed by atoms with Crippen molar-refractivity contribution in [3.8, 4) is 5.69 Å². The highest BCUT2D eigenvalue weighted by molar-refractivity contribution is 7.90. The van der Waals surface area contributed by atoms with Crippen LogP contribution in [0.4, 0.5) is 28.0 Å². The van der Waals surface area contributed by atoms with Gasteiger partial charge in [-0.05, 0) is 87.9 Å². The summed E-state index contributed by atoms with van der Waals surface area (Å²) in [5.74, 6) is -1.92. The standard InChI is InChI=1S/C36H39F4N7O4S/c1-5-51-33(49)44-31(41)23-8-6-10-26(18-23)47-29(20-30(45-47)36(38,39)40)32(48)43-28-19-24(13-14-27(28)37)35(16-15-22-11-12-22,25-9-7-17-42-21-25)46-52(50)34(2,3)4/h6-10,13-14,17-22,46H,5,11-12,15-16H2,1-4H3,(H,43,48)(H2,41,44,49)/t35?,52-/m1/s1. The number of nitrogens with zero attached hydrogens (tertiary/aromatic N) is 3. The van der Waals surface area contributed by atoms with Gasteiger partial charge in [0.2, 0.25) is 0 Å². The summed E-state index contributed by atoms with van der Waals surface area (Å²) in [4.78, 5) is 29.9. The molecule has 1 fully saturated rings. The first-order valence-electron chi connectivity index (χ1n) is 16.5. The van der Waals surface area contributed by atoms with Gasteiger partial charge < -0.3 is 14.6 Å². The molecule has 0 bridgehead atoms.